The predicted octanol–water partition coefficient (Wildman–Crippen LogP) is 2.11. The summed E-state index contributed by atoms with van der Waals surface area (Å²) in [7, 11) is 0. The van der Waals surface area contributed by atoms with Crippen molar-refractivity contribution in [1.29, 1.82) is 0 Å². The third-order valence-electron chi connectivity index (χ3n) is 4.42. The van der Waals surface area contributed by atoms with Gasteiger partial charge in [-0.2, -0.15) is 13.2 Å². The average Bonchev–Trinajstić information content (AvgIpc) is 2.95. The summed E-state index contributed by atoms with van der Waals surface area (Å²) in [4.78, 5) is 25.7. The van der Waals surface area contributed by atoms with Gasteiger partial charge in [0.05, 0.1) is 12.1 Å². The number of amides is 2. The van der Waals surface area contributed by atoms with Crippen molar-refractivity contribution >= 4 is 11.8 Å². The number of hydrogen-bond acceptors (Lipinski definition) is 3. The van der Waals surface area contributed by atoms with E-state index in [0.29, 0.717) is 0 Å². The average molecular weight is 376 g/mol. The Balaban J connectivity index is 2.14. The van der Waals surface area contributed by atoms with Gasteiger partial charge in [-0.1, -0.05) is 26.0 Å². The molecule has 5 nitrogen and oxygen atoms in total. The topological polar surface area (TPSA) is 69.6 Å². The van der Waals surface area contributed by atoms with Crippen LogP contribution in [0.3, 0.4) is 0 Å². The lowest BCUT2D eigenvalue weighted by Crippen LogP contribution is -2.53. The van der Waals surface area contributed by atoms with Crippen molar-refractivity contribution in [2.45, 2.75) is 38.1 Å². The first-order chi connectivity index (χ1) is 12.0. The lowest BCUT2D eigenvalue weighted by Gasteiger charge is -2.29. The minimum absolute atomic E-state index is 0.265. The van der Waals surface area contributed by atoms with Gasteiger partial charge in [-0.25, -0.2) is 4.39 Å². The smallest absolute Gasteiger partial charge is 0.379 e. The van der Waals surface area contributed by atoms with E-state index >= 15 is 0 Å². The minimum Gasteiger partial charge on any atom is -0.379 e. The molecule has 1 aliphatic heterocycles. The van der Waals surface area contributed by atoms with Gasteiger partial charge in [0, 0.05) is 13.0 Å². The maximum Gasteiger partial charge on any atom is 0.419 e. The SMILES string of the molecule is CC(C)[C@H](NC(=O)c1ccccc1F)C(=O)N1CC[C@](O)(C(F)(F)F)C1. The Morgan fingerprint density at radius 3 is 2.38 bits per heavy atom. The molecule has 1 heterocycles. The van der Waals surface area contributed by atoms with E-state index in [1.54, 1.807) is 13.8 Å². The molecule has 9 heteroatoms. The van der Waals surface area contributed by atoms with Crippen molar-refractivity contribution < 1.29 is 32.3 Å². The van der Waals surface area contributed by atoms with E-state index in [-0.39, 0.29) is 12.1 Å². The van der Waals surface area contributed by atoms with Crippen molar-refractivity contribution in [3.8, 4) is 0 Å². The summed E-state index contributed by atoms with van der Waals surface area (Å²) in [6.07, 6.45) is -5.49. The Hall–Kier alpha value is -2.16. The van der Waals surface area contributed by atoms with Crippen LogP contribution in [0.15, 0.2) is 24.3 Å². The highest BCUT2D eigenvalue weighted by Gasteiger charge is 2.58. The van der Waals surface area contributed by atoms with Gasteiger partial charge < -0.3 is 15.3 Å². The zero-order chi connectivity index (χ0) is 19.7. The molecule has 1 fully saturated rings. The fourth-order valence-corrected chi connectivity index (χ4v) is 2.79. The van der Waals surface area contributed by atoms with Gasteiger partial charge in [-0.15, -0.1) is 0 Å². The van der Waals surface area contributed by atoms with Crippen molar-refractivity contribution in [2.75, 3.05) is 13.1 Å². The minimum atomic E-state index is -4.86. The summed E-state index contributed by atoms with van der Waals surface area (Å²) in [5, 5.41) is 12.1. The molecule has 26 heavy (non-hydrogen) atoms. The molecule has 1 aromatic carbocycles. The van der Waals surface area contributed by atoms with E-state index in [9.17, 15) is 32.3 Å². The highest BCUT2D eigenvalue weighted by atomic mass is 19.4. The van der Waals surface area contributed by atoms with Crippen LogP contribution in [0.4, 0.5) is 17.6 Å². The summed E-state index contributed by atoms with van der Waals surface area (Å²) >= 11 is 0. The van der Waals surface area contributed by atoms with Crippen molar-refractivity contribution in [1.82, 2.24) is 10.2 Å². The fraction of sp³-hybridized carbons (Fsp3) is 0.529. The number of nitrogens with zero attached hydrogens (tertiary/aromatic N) is 1. The molecule has 144 valence electrons. The quantitative estimate of drug-likeness (QED) is 0.791. The maximum atomic E-state index is 13.7. The largest absolute Gasteiger partial charge is 0.419 e. The van der Waals surface area contributed by atoms with Crippen molar-refractivity contribution in [2.24, 2.45) is 5.92 Å². The molecule has 1 saturated heterocycles. The highest BCUT2D eigenvalue weighted by Crippen LogP contribution is 2.37. The molecule has 0 bridgehead atoms. The van der Waals surface area contributed by atoms with E-state index in [1.165, 1.54) is 18.2 Å². The van der Waals surface area contributed by atoms with Crippen LogP contribution in [0, 0.1) is 11.7 Å². The molecule has 0 aromatic heterocycles. The molecule has 0 spiro atoms. The number of likely N-dealkylation sites (tertiary alicyclic amines) is 1. The van der Waals surface area contributed by atoms with Gasteiger partial charge in [0.25, 0.3) is 5.91 Å². The number of rotatable bonds is 4. The van der Waals surface area contributed by atoms with Crippen LogP contribution in [0.25, 0.3) is 0 Å². The number of halogens is 4. The summed E-state index contributed by atoms with van der Waals surface area (Å²) < 4.78 is 52.5. The third-order valence-corrected chi connectivity index (χ3v) is 4.42. The first-order valence-electron chi connectivity index (χ1n) is 8.09. The number of carbonyl (C=O) groups excluding carboxylic acids is 2. The predicted molar refractivity (Wildman–Crippen MR) is 84.7 cm³/mol. The molecule has 2 amide bonds. The monoisotopic (exact) mass is 376 g/mol. The second-order valence-electron chi connectivity index (χ2n) is 6.71. The van der Waals surface area contributed by atoms with Crippen LogP contribution >= 0.6 is 0 Å². The van der Waals surface area contributed by atoms with Crippen LogP contribution in [0.1, 0.15) is 30.6 Å². The van der Waals surface area contributed by atoms with Gasteiger partial charge >= 0.3 is 6.18 Å². The second kappa shape index (κ2) is 7.22. The van der Waals surface area contributed by atoms with E-state index in [4.69, 9.17) is 0 Å². The van der Waals surface area contributed by atoms with Crippen LogP contribution in [0.5, 0.6) is 0 Å². The number of alkyl halides is 3. The zero-order valence-electron chi connectivity index (χ0n) is 14.3. The van der Waals surface area contributed by atoms with Gasteiger partial charge in [-0.05, 0) is 18.1 Å². The van der Waals surface area contributed by atoms with E-state index in [1.807, 2.05) is 0 Å². The number of carbonyl (C=O) groups is 2. The first kappa shape index (κ1) is 20.2. The lowest BCUT2D eigenvalue weighted by molar-refractivity contribution is -0.253. The van der Waals surface area contributed by atoms with Crippen LogP contribution in [-0.2, 0) is 4.79 Å². The molecule has 1 aromatic rings. The number of aliphatic hydroxyl groups is 1. The molecule has 2 atom stereocenters. The molecule has 0 saturated carbocycles. The van der Waals surface area contributed by atoms with Crippen molar-refractivity contribution in [3.05, 3.63) is 35.6 Å². The maximum absolute atomic E-state index is 13.7. The second-order valence-corrected chi connectivity index (χ2v) is 6.71. The normalized spacial score (nSPS) is 21.8. The summed E-state index contributed by atoms with van der Waals surface area (Å²) in [6, 6.07) is 4.04. The first-order valence-corrected chi connectivity index (χ1v) is 8.09. The Morgan fingerprint density at radius 2 is 1.88 bits per heavy atom. The van der Waals surface area contributed by atoms with Crippen LogP contribution in [0.2, 0.25) is 0 Å². The van der Waals surface area contributed by atoms with Crippen LogP contribution < -0.4 is 5.32 Å². The molecule has 0 unspecified atom stereocenters. The Labute approximate surface area is 148 Å². The summed E-state index contributed by atoms with van der Waals surface area (Å²) in [5.74, 6) is -2.80. The fourth-order valence-electron chi connectivity index (χ4n) is 2.79. The van der Waals surface area contributed by atoms with Crippen molar-refractivity contribution in [3.63, 3.8) is 0 Å². The number of hydrogen-bond donors (Lipinski definition) is 2. The zero-order valence-corrected chi connectivity index (χ0v) is 14.3. The van der Waals surface area contributed by atoms with E-state index in [2.05, 4.69) is 5.32 Å². The summed E-state index contributed by atoms with van der Waals surface area (Å²) in [5.41, 5.74) is -3.22. The van der Waals surface area contributed by atoms with Gasteiger partial charge in [0.1, 0.15) is 11.9 Å². The summed E-state index contributed by atoms with van der Waals surface area (Å²) in [6.45, 7) is 2.04. The standard InChI is InChI=1S/C17H20F4N2O3/c1-10(2)13(22-14(24)11-5-3-4-6-12(11)18)15(25)23-8-7-16(26,9-23)17(19,20)21/h3-6,10,13,26H,7-9H2,1-2H3,(H,22,24)/t13-,16+/m0/s1. The van der Waals surface area contributed by atoms with Crippen LogP contribution in [-0.4, -0.2) is 52.7 Å². The molecule has 0 aliphatic carbocycles. The Morgan fingerprint density at radius 1 is 1.27 bits per heavy atom. The number of β-amino-alcohol motifs (C(OH)–C–C–N with tert-alkyl or cyclic N) is 1. The van der Waals surface area contributed by atoms with Gasteiger partial charge in [-0.3, -0.25) is 9.59 Å². The van der Waals surface area contributed by atoms with E-state index in [0.717, 1.165) is 11.0 Å². The molecule has 1 aliphatic rings. The lowest BCUT2D eigenvalue weighted by atomic mass is 10.0. The Bertz CT molecular complexity index is 693. The van der Waals surface area contributed by atoms with Gasteiger partial charge in [0.15, 0.2) is 5.60 Å². The molecular formula is C17H20F4N2O3. The molecule has 0 radical (unpaired) electrons. The number of benzene rings is 1. The highest BCUT2D eigenvalue weighted by molar-refractivity contribution is 5.97. The number of nitrogens with one attached hydrogen (secondary N) is 1. The van der Waals surface area contributed by atoms with Gasteiger partial charge in [0.2, 0.25) is 5.91 Å². The van der Waals surface area contributed by atoms with E-state index < -0.39 is 54.3 Å². The molecule has 2 N–H and O–H groups in total. The Kier molecular flexibility index (Phi) is 5.60. The third kappa shape index (κ3) is 3.98. The molecule has 2 rings (SSSR count). The molecular weight excluding hydrogens is 356 g/mol.